The van der Waals surface area contributed by atoms with Crippen molar-refractivity contribution in [1.29, 1.82) is 5.26 Å². The monoisotopic (exact) mass is 216 g/mol. The van der Waals surface area contributed by atoms with Crippen LogP contribution in [0.2, 0.25) is 0 Å². The second-order valence-electron chi connectivity index (χ2n) is 4.49. The Labute approximate surface area is 95.7 Å². The molecule has 2 N–H and O–H groups in total. The number of hydrogen-bond acceptors (Lipinski definition) is 4. The first kappa shape index (κ1) is 10.9. The lowest BCUT2D eigenvalue weighted by Gasteiger charge is -2.36. The summed E-state index contributed by atoms with van der Waals surface area (Å²) in [6.07, 6.45) is 2.70. The van der Waals surface area contributed by atoms with Gasteiger partial charge in [-0.25, -0.2) is 4.98 Å². The van der Waals surface area contributed by atoms with Crippen molar-refractivity contribution in [3.63, 3.8) is 0 Å². The van der Waals surface area contributed by atoms with E-state index in [1.807, 2.05) is 12.1 Å². The Balaban J connectivity index is 2.26. The number of nitrogens with zero attached hydrogens (tertiary/aromatic N) is 3. The number of anilines is 1. The van der Waals surface area contributed by atoms with Crippen molar-refractivity contribution in [3.05, 3.63) is 24.0 Å². The van der Waals surface area contributed by atoms with Gasteiger partial charge in [0, 0.05) is 25.3 Å². The average Bonchev–Trinajstić information content (AvgIpc) is 2.27. The summed E-state index contributed by atoms with van der Waals surface area (Å²) in [6, 6.07) is 6.12. The quantitative estimate of drug-likeness (QED) is 0.764. The minimum atomic E-state index is 0.190. The molecule has 4 heteroatoms. The predicted octanol–water partition coefficient (Wildman–Crippen LogP) is 1.13. The largest absolute Gasteiger partial charge is 0.367 e. The normalized spacial score (nSPS) is 25.2. The molecule has 1 fully saturated rings. The molecule has 2 atom stereocenters. The van der Waals surface area contributed by atoms with Crippen LogP contribution in [0.25, 0.3) is 0 Å². The van der Waals surface area contributed by atoms with Crippen LogP contribution in [0.3, 0.4) is 0 Å². The molecule has 0 aromatic carbocycles. The van der Waals surface area contributed by atoms with Crippen molar-refractivity contribution in [2.24, 2.45) is 11.7 Å². The summed E-state index contributed by atoms with van der Waals surface area (Å²) < 4.78 is 0. The summed E-state index contributed by atoms with van der Waals surface area (Å²) in [4.78, 5) is 6.25. The van der Waals surface area contributed by atoms with Gasteiger partial charge in [0.15, 0.2) is 5.69 Å². The maximum absolute atomic E-state index is 9.01. The fourth-order valence-corrected chi connectivity index (χ4v) is 2.33. The summed E-state index contributed by atoms with van der Waals surface area (Å²) >= 11 is 0. The molecule has 16 heavy (non-hydrogen) atoms. The molecule has 1 aliphatic rings. The number of piperidine rings is 1. The highest BCUT2D eigenvalue weighted by Gasteiger charge is 2.23. The molecule has 0 radical (unpaired) electrons. The predicted molar refractivity (Wildman–Crippen MR) is 62.9 cm³/mol. The third kappa shape index (κ3) is 2.15. The van der Waals surface area contributed by atoms with E-state index in [0.717, 1.165) is 25.2 Å². The van der Waals surface area contributed by atoms with Gasteiger partial charge in [-0.05, 0) is 24.5 Å². The summed E-state index contributed by atoms with van der Waals surface area (Å²) in [7, 11) is 0. The van der Waals surface area contributed by atoms with Crippen LogP contribution < -0.4 is 10.6 Å². The van der Waals surface area contributed by atoms with Crippen LogP contribution >= 0.6 is 0 Å². The van der Waals surface area contributed by atoms with E-state index >= 15 is 0 Å². The molecule has 2 heterocycles. The van der Waals surface area contributed by atoms with Crippen molar-refractivity contribution in [1.82, 2.24) is 4.98 Å². The molecule has 2 rings (SSSR count). The van der Waals surface area contributed by atoms with Gasteiger partial charge >= 0.3 is 0 Å². The van der Waals surface area contributed by atoms with Crippen LogP contribution in [-0.4, -0.2) is 24.1 Å². The molecule has 0 saturated carbocycles. The Bertz CT molecular complexity index is 400. The summed E-state index contributed by atoms with van der Waals surface area (Å²) in [5, 5.41) is 9.01. The van der Waals surface area contributed by atoms with Crippen LogP contribution in [0, 0.1) is 17.2 Å². The van der Waals surface area contributed by atoms with Gasteiger partial charge in [-0.2, -0.15) is 5.26 Å². The minimum Gasteiger partial charge on any atom is -0.367 e. The molecule has 2 unspecified atom stereocenters. The van der Waals surface area contributed by atoms with Gasteiger partial charge < -0.3 is 10.6 Å². The van der Waals surface area contributed by atoms with E-state index < -0.39 is 0 Å². The highest BCUT2D eigenvalue weighted by molar-refractivity contribution is 5.56. The first-order valence-electron chi connectivity index (χ1n) is 5.56. The van der Waals surface area contributed by atoms with Crippen LogP contribution in [0.5, 0.6) is 0 Å². The highest BCUT2D eigenvalue weighted by Crippen LogP contribution is 2.24. The standard InChI is InChI=1S/C12H16N4/c1-9-5-10(14)8-16(7-9)12-3-2-4-15-11(12)6-13/h2-4,9-10H,5,7-8,14H2,1H3. The zero-order valence-corrected chi connectivity index (χ0v) is 9.43. The molecule has 1 aromatic rings. The van der Waals surface area contributed by atoms with Crippen molar-refractivity contribution < 1.29 is 0 Å². The minimum absolute atomic E-state index is 0.190. The number of rotatable bonds is 1. The summed E-state index contributed by atoms with van der Waals surface area (Å²) in [5.41, 5.74) is 7.40. The van der Waals surface area contributed by atoms with Crippen LogP contribution in [0.1, 0.15) is 19.0 Å². The van der Waals surface area contributed by atoms with Crippen molar-refractivity contribution in [2.75, 3.05) is 18.0 Å². The molecule has 0 aliphatic carbocycles. The Morgan fingerprint density at radius 2 is 2.38 bits per heavy atom. The molecule has 0 bridgehead atoms. The lowest BCUT2D eigenvalue weighted by molar-refractivity contribution is 0.401. The summed E-state index contributed by atoms with van der Waals surface area (Å²) in [6.45, 7) is 3.95. The molecule has 0 spiro atoms. The van der Waals surface area contributed by atoms with E-state index in [4.69, 9.17) is 11.0 Å². The maximum atomic E-state index is 9.01. The SMILES string of the molecule is CC1CC(N)CN(c2cccnc2C#N)C1. The Kier molecular flexibility index (Phi) is 3.07. The number of hydrogen-bond donors (Lipinski definition) is 1. The van der Waals surface area contributed by atoms with E-state index in [9.17, 15) is 0 Å². The molecule has 1 saturated heterocycles. The number of nitrogens with two attached hydrogens (primary N) is 1. The van der Waals surface area contributed by atoms with E-state index in [2.05, 4.69) is 22.9 Å². The summed E-state index contributed by atoms with van der Waals surface area (Å²) in [5.74, 6) is 0.565. The molecule has 1 aromatic heterocycles. The Morgan fingerprint density at radius 1 is 1.56 bits per heavy atom. The van der Waals surface area contributed by atoms with Crippen LogP contribution in [-0.2, 0) is 0 Å². The highest BCUT2D eigenvalue weighted by atomic mass is 15.2. The van der Waals surface area contributed by atoms with Crippen molar-refractivity contribution in [2.45, 2.75) is 19.4 Å². The Hall–Kier alpha value is -1.60. The number of aromatic nitrogens is 1. The first-order valence-corrected chi connectivity index (χ1v) is 5.56. The second kappa shape index (κ2) is 4.50. The fraction of sp³-hybridized carbons (Fsp3) is 0.500. The lowest BCUT2D eigenvalue weighted by Crippen LogP contribution is -2.46. The third-order valence-electron chi connectivity index (χ3n) is 2.93. The molecule has 0 amide bonds. The smallest absolute Gasteiger partial charge is 0.163 e. The van der Waals surface area contributed by atoms with Gasteiger partial charge in [-0.1, -0.05) is 6.92 Å². The number of nitriles is 1. The zero-order valence-electron chi connectivity index (χ0n) is 9.43. The maximum Gasteiger partial charge on any atom is 0.163 e. The van der Waals surface area contributed by atoms with E-state index in [1.54, 1.807) is 6.20 Å². The second-order valence-corrected chi connectivity index (χ2v) is 4.49. The van der Waals surface area contributed by atoms with Crippen molar-refractivity contribution in [3.8, 4) is 6.07 Å². The number of pyridine rings is 1. The fourth-order valence-electron chi connectivity index (χ4n) is 2.33. The van der Waals surface area contributed by atoms with Gasteiger partial charge in [-0.3, -0.25) is 0 Å². The van der Waals surface area contributed by atoms with Gasteiger partial charge in [0.25, 0.3) is 0 Å². The molecular weight excluding hydrogens is 200 g/mol. The van der Waals surface area contributed by atoms with E-state index in [0.29, 0.717) is 11.6 Å². The van der Waals surface area contributed by atoms with Gasteiger partial charge in [-0.15, -0.1) is 0 Å². The van der Waals surface area contributed by atoms with Gasteiger partial charge in [0.05, 0.1) is 5.69 Å². The van der Waals surface area contributed by atoms with E-state index in [1.165, 1.54) is 0 Å². The first-order chi connectivity index (χ1) is 7.70. The Morgan fingerprint density at radius 3 is 3.06 bits per heavy atom. The van der Waals surface area contributed by atoms with Gasteiger partial charge in [0.2, 0.25) is 0 Å². The lowest BCUT2D eigenvalue weighted by atomic mass is 9.96. The van der Waals surface area contributed by atoms with Crippen molar-refractivity contribution >= 4 is 5.69 Å². The van der Waals surface area contributed by atoms with E-state index in [-0.39, 0.29) is 6.04 Å². The topological polar surface area (TPSA) is 65.9 Å². The third-order valence-corrected chi connectivity index (χ3v) is 2.93. The zero-order chi connectivity index (χ0) is 11.5. The molecular formula is C12H16N4. The van der Waals surface area contributed by atoms with Crippen LogP contribution in [0.15, 0.2) is 18.3 Å². The van der Waals surface area contributed by atoms with Gasteiger partial charge in [0.1, 0.15) is 6.07 Å². The molecule has 4 nitrogen and oxygen atoms in total. The molecule has 84 valence electrons. The average molecular weight is 216 g/mol. The van der Waals surface area contributed by atoms with Crippen LogP contribution in [0.4, 0.5) is 5.69 Å². The molecule has 1 aliphatic heterocycles.